The lowest BCUT2D eigenvalue weighted by Gasteiger charge is -2.10. The molecule has 152 valence electrons. The summed E-state index contributed by atoms with van der Waals surface area (Å²) in [5.74, 6) is -0.206. The molecule has 2 heterocycles. The van der Waals surface area contributed by atoms with Crippen molar-refractivity contribution in [3.63, 3.8) is 0 Å². The molecule has 10 heteroatoms. The van der Waals surface area contributed by atoms with E-state index in [2.05, 4.69) is 35.9 Å². The van der Waals surface area contributed by atoms with Crippen LogP contribution in [0.5, 0.6) is 0 Å². The van der Waals surface area contributed by atoms with Crippen molar-refractivity contribution in [2.24, 2.45) is 0 Å². The van der Waals surface area contributed by atoms with Crippen LogP contribution in [-0.2, 0) is 21.2 Å². The van der Waals surface area contributed by atoms with Crippen LogP contribution in [0.4, 0.5) is 5.13 Å². The van der Waals surface area contributed by atoms with Crippen LogP contribution in [0.15, 0.2) is 52.1 Å². The Kier molecular flexibility index (Phi) is 6.78. The second kappa shape index (κ2) is 9.12. The number of amides is 1. The zero-order valence-corrected chi connectivity index (χ0v) is 19.0. The monoisotopic (exact) mass is 494 g/mol. The van der Waals surface area contributed by atoms with Gasteiger partial charge >= 0.3 is 0 Å². The van der Waals surface area contributed by atoms with Gasteiger partial charge in [-0.25, -0.2) is 18.1 Å². The first-order valence-corrected chi connectivity index (χ1v) is 11.8. The van der Waals surface area contributed by atoms with Gasteiger partial charge in [-0.05, 0) is 58.6 Å². The summed E-state index contributed by atoms with van der Waals surface area (Å²) < 4.78 is 28.8. The first-order chi connectivity index (χ1) is 13.8. The maximum Gasteiger partial charge on any atom is 0.241 e. The zero-order valence-electron chi connectivity index (χ0n) is 15.8. The van der Waals surface area contributed by atoms with E-state index in [1.165, 1.54) is 18.3 Å². The van der Waals surface area contributed by atoms with E-state index >= 15 is 0 Å². The Labute approximate surface area is 181 Å². The lowest BCUT2D eigenvalue weighted by molar-refractivity contribution is -0.114. The smallest absolute Gasteiger partial charge is 0.241 e. The minimum absolute atomic E-state index is 0.148. The number of rotatable bonds is 7. The number of hydrogen-bond acceptors (Lipinski definition) is 6. The molecule has 1 aromatic carbocycles. The second-order valence-corrected chi connectivity index (χ2v) is 9.86. The molecular weight excluding hydrogens is 476 g/mol. The quantitative estimate of drug-likeness (QED) is 0.520. The number of aromatic nitrogens is 2. The Morgan fingerprint density at radius 3 is 2.76 bits per heavy atom. The third-order valence-electron chi connectivity index (χ3n) is 3.99. The third kappa shape index (κ3) is 5.47. The molecule has 0 aliphatic rings. The number of anilines is 1. The predicted molar refractivity (Wildman–Crippen MR) is 117 cm³/mol. The van der Waals surface area contributed by atoms with Gasteiger partial charge in [0, 0.05) is 30.3 Å². The van der Waals surface area contributed by atoms with E-state index in [4.69, 9.17) is 0 Å². The number of pyridine rings is 1. The number of halogens is 1. The summed E-state index contributed by atoms with van der Waals surface area (Å²) in [6.07, 6.45) is 3.93. The molecule has 29 heavy (non-hydrogen) atoms. The highest BCUT2D eigenvalue weighted by molar-refractivity contribution is 9.10. The normalized spacial score (nSPS) is 11.4. The Balaban J connectivity index is 1.83. The number of hydrogen-bond donors (Lipinski definition) is 2. The topological polar surface area (TPSA) is 101 Å². The molecule has 0 spiro atoms. The Bertz CT molecular complexity index is 1130. The van der Waals surface area contributed by atoms with Gasteiger partial charge in [-0.2, -0.15) is 0 Å². The van der Waals surface area contributed by atoms with Crippen molar-refractivity contribution in [3.05, 3.63) is 58.5 Å². The molecule has 0 radical (unpaired) electrons. The SMILES string of the molecule is CC(=O)Nc1nc(C)c(-c2ccc(Br)c(S(=O)(=O)NCCc3cccnc3)c2)s1. The van der Waals surface area contributed by atoms with Crippen LogP contribution < -0.4 is 10.0 Å². The average Bonchev–Trinajstić information content (AvgIpc) is 3.02. The van der Waals surface area contributed by atoms with Gasteiger partial charge in [0.05, 0.1) is 15.5 Å². The summed E-state index contributed by atoms with van der Waals surface area (Å²) in [4.78, 5) is 20.6. The fraction of sp³-hybridized carbons (Fsp3) is 0.211. The van der Waals surface area contributed by atoms with Gasteiger partial charge in [-0.1, -0.05) is 23.5 Å². The van der Waals surface area contributed by atoms with E-state index < -0.39 is 10.0 Å². The molecule has 0 unspecified atom stereocenters. The van der Waals surface area contributed by atoms with Crippen LogP contribution in [0, 0.1) is 6.92 Å². The summed E-state index contributed by atoms with van der Waals surface area (Å²) in [5, 5.41) is 3.14. The molecule has 0 aliphatic heterocycles. The van der Waals surface area contributed by atoms with Gasteiger partial charge in [-0.3, -0.25) is 9.78 Å². The van der Waals surface area contributed by atoms with Gasteiger partial charge in [0.15, 0.2) is 5.13 Å². The number of nitrogens with zero attached hydrogens (tertiary/aromatic N) is 2. The number of carbonyl (C=O) groups excluding carboxylic acids is 1. The zero-order chi connectivity index (χ0) is 21.0. The van der Waals surface area contributed by atoms with Crippen molar-refractivity contribution >= 4 is 48.3 Å². The summed E-state index contributed by atoms with van der Waals surface area (Å²) in [6, 6.07) is 8.83. The highest BCUT2D eigenvalue weighted by atomic mass is 79.9. The second-order valence-electron chi connectivity index (χ2n) is 6.27. The van der Waals surface area contributed by atoms with Gasteiger partial charge in [0.1, 0.15) is 0 Å². The van der Waals surface area contributed by atoms with Gasteiger partial charge in [0.2, 0.25) is 15.9 Å². The summed E-state index contributed by atoms with van der Waals surface area (Å²) in [6.45, 7) is 3.49. The Morgan fingerprint density at radius 1 is 1.28 bits per heavy atom. The van der Waals surface area contributed by atoms with E-state index in [1.807, 2.05) is 25.1 Å². The minimum Gasteiger partial charge on any atom is -0.302 e. The number of sulfonamides is 1. The van der Waals surface area contributed by atoms with Crippen LogP contribution in [0.2, 0.25) is 0 Å². The molecule has 0 bridgehead atoms. The molecule has 3 aromatic rings. The third-order valence-corrected chi connectivity index (χ3v) is 7.57. The molecule has 2 N–H and O–H groups in total. The number of thiazole rings is 1. The number of aryl methyl sites for hydroxylation is 1. The van der Waals surface area contributed by atoms with E-state index in [0.717, 1.165) is 10.4 Å². The van der Waals surface area contributed by atoms with E-state index in [0.29, 0.717) is 27.3 Å². The van der Waals surface area contributed by atoms with Gasteiger partial charge in [0.25, 0.3) is 0 Å². The molecule has 2 aromatic heterocycles. The van der Waals surface area contributed by atoms with Crippen molar-refractivity contribution in [1.29, 1.82) is 0 Å². The summed E-state index contributed by atoms with van der Waals surface area (Å²) in [5.41, 5.74) is 2.38. The first-order valence-electron chi connectivity index (χ1n) is 8.70. The molecule has 3 rings (SSSR count). The Hall–Kier alpha value is -2.14. The largest absolute Gasteiger partial charge is 0.302 e. The fourth-order valence-electron chi connectivity index (χ4n) is 2.67. The molecule has 0 saturated heterocycles. The van der Waals surface area contributed by atoms with E-state index in [1.54, 1.807) is 24.5 Å². The standard InChI is InChI=1S/C19H19BrN4O3S2/c1-12-18(28-19(23-12)24-13(2)25)15-5-6-16(20)17(10-15)29(26,27)22-9-7-14-4-3-8-21-11-14/h3-6,8,10-11,22H,7,9H2,1-2H3,(H,23,24,25). The molecule has 0 atom stereocenters. The highest BCUT2D eigenvalue weighted by Crippen LogP contribution is 2.35. The van der Waals surface area contributed by atoms with Crippen molar-refractivity contribution in [1.82, 2.24) is 14.7 Å². The first kappa shape index (κ1) is 21.6. The fourth-order valence-corrected chi connectivity index (χ4v) is 5.70. The van der Waals surface area contributed by atoms with Crippen LogP contribution in [0.25, 0.3) is 10.4 Å². The lowest BCUT2D eigenvalue weighted by atomic mass is 10.2. The Morgan fingerprint density at radius 2 is 2.07 bits per heavy atom. The van der Waals surface area contributed by atoms with E-state index in [9.17, 15) is 13.2 Å². The van der Waals surface area contributed by atoms with Gasteiger partial charge < -0.3 is 5.32 Å². The predicted octanol–water partition coefficient (Wildman–Crippen LogP) is 3.76. The van der Waals surface area contributed by atoms with Crippen LogP contribution in [0.3, 0.4) is 0 Å². The van der Waals surface area contributed by atoms with Crippen molar-refractivity contribution in [2.45, 2.75) is 25.2 Å². The van der Waals surface area contributed by atoms with Crippen LogP contribution in [-0.4, -0.2) is 30.8 Å². The maximum absolute atomic E-state index is 12.8. The number of nitrogens with one attached hydrogen (secondary N) is 2. The van der Waals surface area contributed by atoms with Crippen molar-refractivity contribution in [2.75, 3.05) is 11.9 Å². The van der Waals surface area contributed by atoms with Crippen LogP contribution in [0.1, 0.15) is 18.2 Å². The average molecular weight is 495 g/mol. The lowest BCUT2D eigenvalue weighted by Crippen LogP contribution is -2.26. The van der Waals surface area contributed by atoms with E-state index in [-0.39, 0.29) is 17.3 Å². The molecule has 1 amide bonds. The van der Waals surface area contributed by atoms with Crippen LogP contribution >= 0.6 is 27.3 Å². The summed E-state index contributed by atoms with van der Waals surface area (Å²) in [7, 11) is -3.72. The summed E-state index contributed by atoms with van der Waals surface area (Å²) >= 11 is 4.63. The van der Waals surface area contributed by atoms with Crippen molar-refractivity contribution in [3.8, 4) is 10.4 Å². The minimum atomic E-state index is -3.72. The molecule has 0 saturated carbocycles. The van der Waals surface area contributed by atoms with Gasteiger partial charge in [-0.15, -0.1) is 0 Å². The van der Waals surface area contributed by atoms with Crippen molar-refractivity contribution < 1.29 is 13.2 Å². The highest BCUT2D eigenvalue weighted by Gasteiger charge is 2.20. The number of benzene rings is 1. The maximum atomic E-state index is 12.8. The molecule has 0 aliphatic carbocycles. The molecule has 0 fully saturated rings. The number of carbonyl (C=O) groups is 1. The molecule has 7 nitrogen and oxygen atoms in total. The molecular formula is C19H19BrN4O3S2.